The van der Waals surface area contributed by atoms with Crippen LogP contribution in [0.2, 0.25) is 0 Å². The molecule has 130 valence electrons. The number of hydrogen-bond donors (Lipinski definition) is 0. The first kappa shape index (κ1) is 15.9. The maximum Gasteiger partial charge on any atom is 0.226 e. The average Bonchev–Trinajstić information content (AvgIpc) is 3.20. The molecule has 8 heteroatoms. The summed E-state index contributed by atoms with van der Waals surface area (Å²) in [5, 5.41) is 1.03. The molecule has 1 atom stereocenters. The third-order valence-corrected chi connectivity index (χ3v) is 5.72. The van der Waals surface area contributed by atoms with Gasteiger partial charge in [-0.3, -0.25) is 0 Å². The summed E-state index contributed by atoms with van der Waals surface area (Å²) in [6.07, 6.45) is 5.08. The quantitative estimate of drug-likeness (QED) is 0.834. The molecule has 0 saturated heterocycles. The first-order valence-corrected chi connectivity index (χ1v) is 9.69. The van der Waals surface area contributed by atoms with Crippen LogP contribution >= 0.6 is 0 Å². The average molecular weight is 358 g/mol. The highest BCUT2D eigenvalue weighted by atomic mass is 32.2. The zero-order valence-corrected chi connectivity index (χ0v) is 15.2. The SMILES string of the molecule is COc1ccc2c(c1)c(C1=NC3=NC(S(C)(=O)=O)N(C)C3=C1)cn2C. The van der Waals surface area contributed by atoms with Crippen LogP contribution in [0.5, 0.6) is 5.75 Å². The van der Waals surface area contributed by atoms with Crippen LogP contribution in [0.3, 0.4) is 0 Å². The summed E-state index contributed by atoms with van der Waals surface area (Å²) in [5.41, 5.74) is 2.63. The van der Waals surface area contributed by atoms with Crippen molar-refractivity contribution in [3.05, 3.63) is 41.7 Å². The molecule has 0 spiro atoms. The van der Waals surface area contributed by atoms with E-state index >= 15 is 0 Å². The number of amidine groups is 1. The molecule has 0 radical (unpaired) electrons. The summed E-state index contributed by atoms with van der Waals surface area (Å²) in [6.45, 7) is 0. The maximum atomic E-state index is 11.8. The Labute approximate surface area is 145 Å². The van der Waals surface area contributed by atoms with E-state index in [4.69, 9.17) is 4.74 Å². The van der Waals surface area contributed by atoms with Crippen LogP contribution in [-0.2, 0) is 16.9 Å². The van der Waals surface area contributed by atoms with Gasteiger partial charge < -0.3 is 14.2 Å². The van der Waals surface area contributed by atoms with E-state index in [1.54, 1.807) is 19.1 Å². The molecule has 4 rings (SSSR count). The molecule has 1 aromatic carbocycles. The second-order valence-electron chi connectivity index (χ2n) is 6.28. The van der Waals surface area contributed by atoms with Gasteiger partial charge in [0.05, 0.1) is 18.5 Å². The topological polar surface area (TPSA) is 76.3 Å². The van der Waals surface area contributed by atoms with Crippen molar-refractivity contribution in [2.75, 3.05) is 20.4 Å². The van der Waals surface area contributed by atoms with Crippen molar-refractivity contribution in [2.24, 2.45) is 17.0 Å². The van der Waals surface area contributed by atoms with E-state index in [1.165, 1.54) is 6.26 Å². The van der Waals surface area contributed by atoms with E-state index in [2.05, 4.69) is 9.98 Å². The minimum atomic E-state index is -3.31. The second kappa shape index (κ2) is 5.19. The Morgan fingerprint density at radius 1 is 1.24 bits per heavy atom. The Hall–Kier alpha value is -2.61. The second-order valence-corrected chi connectivity index (χ2v) is 8.36. The Bertz CT molecular complexity index is 1090. The van der Waals surface area contributed by atoms with Crippen LogP contribution in [0.25, 0.3) is 10.9 Å². The summed E-state index contributed by atoms with van der Waals surface area (Å²) >= 11 is 0. The highest BCUT2D eigenvalue weighted by molar-refractivity contribution is 7.91. The molecular weight excluding hydrogens is 340 g/mol. The van der Waals surface area contributed by atoms with E-state index < -0.39 is 15.3 Å². The van der Waals surface area contributed by atoms with Gasteiger partial charge in [0.15, 0.2) is 15.7 Å². The van der Waals surface area contributed by atoms with Gasteiger partial charge in [-0.15, -0.1) is 0 Å². The molecule has 1 aromatic heterocycles. The first-order chi connectivity index (χ1) is 11.8. The molecule has 0 aliphatic carbocycles. The number of aromatic nitrogens is 1. The van der Waals surface area contributed by atoms with Gasteiger partial charge in [-0.2, -0.15) is 0 Å². The van der Waals surface area contributed by atoms with Crippen LogP contribution in [0.1, 0.15) is 5.56 Å². The van der Waals surface area contributed by atoms with Crippen LogP contribution in [0.4, 0.5) is 0 Å². The predicted octanol–water partition coefficient (Wildman–Crippen LogP) is 1.55. The Morgan fingerprint density at radius 3 is 2.64 bits per heavy atom. The fraction of sp³-hybridized carbons (Fsp3) is 0.294. The summed E-state index contributed by atoms with van der Waals surface area (Å²) in [4.78, 5) is 10.5. The number of benzene rings is 1. The number of rotatable bonds is 3. The number of fused-ring (bicyclic) bond motifs is 2. The fourth-order valence-electron chi connectivity index (χ4n) is 3.29. The maximum absolute atomic E-state index is 11.8. The molecule has 0 fully saturated rings. The van der Waals surface area contributed by atoms with Gasteiger partial charge in [0, 0.05) is 43.0 Å². The van der Waals surface area contributed by atoms with Crippen LogP contribution in [0.15, 0.2) is 46.2 Å². The number of sulfone groups is 1. The Kier molecular flexibility index (Phi) is 3.30. The summed E-state index contributed by atoms with van der Waals surface area (Å²) in [6, 6.07) is 5.90. The van der Waals surface area contributed by atoms with Gasteiger partial charge in [0.1, 0.15) is 5.75 Å². The minimum absolute atomic E-state index is 0.466. The number of methoxy groups -OCH3 is 1. The van der Waals surface area contributed by atoms with Crippen molar-refractivity contribution in [2.45, 2.75) is 5.50 Å². The normalized spacial score (nSPS) is 19.8. The number of allylic oxidation sites excluding steroid dienone is 1. The van der Waals surface area contributed by atoms with Crippen LogP contribution in [0, 0.1) is 0 Å². The predicted molar refractivity (Wildman–Crippen MR) is 97.9 cm³/mol. The van der Waals surface area contributed by atoms with Gasteiger partial charge >= 0.3 is 0 Å². The lowest BCUT2D eigenvalue weighted by Gasteiger charge is -2.18. The third kappa shape index (κ3) is 2.36. The largest absolute Gasteiger partial charge is 0.497 e. The Morgan fingerprint density at radius 2 is 2.00 bits per heavy atom. The number of nitrogens with zero attached hydrogens (tertiary/aromatic N) is 4. The zero-order chi connectivity index (χ0) is 17.9. The van der Waals surface area contributed by atoms with Gasteiger partial charge in [-0.25, -0.2) is 18.4 Å². The van der Waals surface area contributed by atoms with Gasteiger partial charge in [-0.1, -0.05) is 0 Å². The molecule has 2 aliphatic heterocycles. The molecule has 1 unspecified atom stereocenters. The lowest BCUT2D eigenvalue weighted by Crippen LogP contribution is -2.31. The van der Waals surface area contributed by atoms with E-state index in [0.29, 0.717) is 5.84 Å². The smallest absolute Gasteiger partial charge is 0.226 e. The number of aryl methyl sites for hydroxylation is 1. The molecule has 2 aliphatic rings. The monoisotopic (exact) mass is 358 g/mol. The molecule has 0 saturated carbocycles. The van der Waals surface area contributed by atoms with Crippen LogP contribution in [-0.4, -0.2) is 55.3 Å². The Balaban J connectivity index is 1.84. The number of ether oxygens (including phenoxy) is 1. The number of likely N-dealkylation sites (N-methyl/N-ethyl adjacent to an activating group) is 1. The summed E-state index contributed by atoms with van der Waals surface area (Å²) in [7, 11) is 2.03. The summed E-state index contributed by atoms with van der Waals surface area (Å²) < 4.78 is 31.0. The molecule has 0 bridgehead atoms. The van der Waals surface area contributed by atoms with E-state index in [0.717, 1.165) is 33.6 Å². The molecule has 0 amide bonds. The number of aliphatic imine (C=N–C) groups is 2. The fourth-order valence-corrected chi connectivity index (χ4v) is 4.26. The lowest BCUT2D eigenvalue weighted by molar-refractivity contribution is 0.415. The highest BCUT2D eigenvalue weighted by Crippen LogP contribution is 2.31. The van der Waals surface area contributed by atoms with Crippen molar-refractivity contribution < 1.29 is 13.2 Å². The van der Waals surface area contributed by atoms with Gasteiger partial charge in [0.25, 0.3) is 0 Å². The molecule has 7 nitrogen and oxygen atoms in total. The van der Waals surface area contributed by atoms with Crippen molar-refractivity contribution in [3.63, 3.8) is 0 Å². The summed E-state index contributed by atoms with van der Waals surface area (Å²) in [5.74, 6) is 1.24. The van der Waals surface area contributed by atoms with E-state index in [-0.39, 0.29) is 0 Å². The molecular formula is C17H18N4O3S. The molecule has 0 N–H and O–H groups in total. The molecule has 25 heavy (non-hydrogen) atoms. The van der Waals surface area contributed by atoms with Crippen molar-refractivity contribution in [3.8, 4) is 5.75 Å². The third-order valence-electron chi connectivity index (χ3n) is 4.53. The van der Waals surface area contributed by atoms with Crippen LogP contribution < -0.4 is 4.74 Å². The molecule has 2 aromatic rings. The standard InChI is InChI=1S/C17H18N4O3S/c1-20-9-12(11-7-10(24-3)5-6-14(11)20)13-8-15-16(18-13)19-17(21(15)2)25(4,22)23/h5-9,17H,1-4H3. The first-order valence-electron chi connectivity index (χ1n) is 7.73. The van der Waals surface area contributed by atoms with Crippen molar-refractivity contribution in [1.29, 1.82) is 0 Å². The van der Waals surface area contributed by atoms with E-state index in [9.17, 15) is 8.42 Å². The van der Waals surface area contributed by atoms with Gasteiger partial charge in [-0.05, 0) is 24.3 Å². The van der Waals surface area contributed by atoms with Gasteiger partial charge in [0.2, 0.25) is 5.50 Å². The zero-order valence-electron chi connectivity index (χ0n) is 14.4. The van der Waals surface area contributed by atoms with E-state index in [1.807, 2.05) is 42.1 Å². The van der Waals surface area contributed by atoms with Crippen molar-refractivity contribution >= 4 is 32.3 Å². The lowest BCUT2D eigenvalue weighted by atomic mass is 10.1. The number of hydrogen-bond acceptors (Lipinski definition) is 6. The molecule has 3 heterocycles. The minimum Gasteiger partial charge on any atom is -0.497 e. The van der Waals surface area contributed by atoms with Crippen molar-refractivity contribution in [1.82, 2.24) is 9.47 Å². The highest BCUT2D eigenvalue weighted by Gasteiger charge is 2.37.